The van der Waals surface area contributed by atoms with Crippen molar-refractivity contribution >= 4 is 28.5 Å². The molecule has 27 heavy (non-hydrogen) atoms. The molecule has 4 rings (SSSR count). The Bertz CT molecular complexity index is 746. The first-order valence-electron chi connectivity index (χ1n) is 10.3. The van der Waals surface area contributed by atoms with E-state index in [0.717, 1.165) is 44.4 Å². The Balaban J connectivity index is 1.42. The molecule has 1 amide bonds. The van der Waals surface area contributed by atoms with Gasteiger partial charge >= 0.3 is 0 Å². The van der Waals surface area contributed by atoms with Gasteiger partial charge in [0.15, 0.2) is 6.61 Å². The summed E-state index contributed by atoms with van der Waals surface area (Å²) in [5.74, 6) is 6.40. The fraction of sp³-hybridized carbons (Fsp3) is 0.591. The predicted molar refractivity (Wildman–Crippen MR) is 114 cm³/mol. The normalized spacial score (nSPS) is 26.7. The number of aryl methyl sites for hydroxylation is 2. The lowest BCUT2D eigenvalue weighted by Crippen LogP contribution is -2.46. The molecule has 3 atom stereocenters. The van der Waals surface area contributed by atoms with Gasteiger partial charge in [0, 0.05) is 18.0 Å². The van der Waals surface area contributed by atoms with Gasteiger partial charge in [0.1, 0.15) is 11.9 Å². The van der Waals surface area contributed by atoms with Gasteiger partial charge in [-0.15, -0.1) is 0 Å². The molecule has 3 aliphatic rings. The van der Waals surface area contributed by atoms with E-state index in [0.29, 0.717) is 5.25 Å². The minimum Gasteiger partial charge on any atom is -0.484 e. The predicted octanol–water partition coefficient (Wildman–Crippen LogP) is 3.83. The third-order valence-electron chi connectivity index (χ3n) is 5.99. The first-order valence-corrected chi connectivity index (χ1v) is 11.9. The average molecular weight is 387 g/mol. The number of fused-ring (bicyclic) bond motifs is 1. The van der Waals surface area contributed by atoms with Crippen molar-refractivity contribution in [3.8, 4) is 5.75 Å². The van der Waals surface area contributed by atoms with Crippen LogP contribution in [0, 0.1) is 0 Å². The fourth-order valence-electron chi connectivity index (χ4n) is 4.40. The second kappa shape index (κ2) is 8.59. The number of benzene rings is 1. The standard InChI is InChI=1S/C22H30N2O2S/c1-27-13-5-8-20(27)15-24(21-9-2-3-12-23-21)22(25)16-26-19-11-10-17-6-4-7-18(17)14-19/h10-12,14,20-21H,1-9,13,15-16H2. The number of hydrogen-bond donors (Lipinski definition) is 0. The quantitative estimate of drug-likeness (QED) is 0.698. The fourth-order valence-corrected chi connectivity index (χ4v) is 6.14. The van der Waals surface area contributed by atoms with Crippen LogP contribution in [-0.2, 0) is 17.6 Å². The van der Waals surface area contributed by atoms with Gasteiger partial charge in [0.2, 0.25) is 0 Å². The summed E-state index contributed by atoms with van der Waals surface area (Å²) in [7, 11) is 0.171. The van der Waals surface area contributed by atoms with Crippen LogP contribution in [0.1, 0.15) is 49.7 Å². The van der Waals surface area contributed by atoms with Gasteiger partial charge in [0.25, 0.3) is 5.91 Å². The van der Waals surface area contributed by atoms with Gasteiger partial charge in [-0.05, 0) is 80.4 Å². The zero-order valence-corrected chi connectivity index (χ0v) is 16.9. The van der Waals surface area contributed by atoms with Crippen LogP contribution in [0.2, 0.25) is 0 Å². The van der Waals surface area contributed by atoms with E-state index in [9.17, 15) is 4.79 Å². The highest BCUT2D eigenvalue weighted by atomic mass is 32.2. The molecule has 3 unspecified atom stereocenters. The van der Waals surface area contributed by atoms with E-state index in [1.807, 2.05) is 17.2 Å². The molecular formula is C22H30N2O2S. The van der Waals surface area contributed by atoms with E-state index in [-0.39, 0.29) is 29.2 Å². The van der Waals surface area contributed by atoms with Crippen molar-refractivity contribution in [2.75, 3.05) is 18.9 Å². The lowest BCUT2D eigenvalue weighted by molar-refractivity contribution is -0.135. The molecule has 5 heteroatoms. The number of carbonyl (C=O) groups excluding carboxylic acids is 1. The first-order chi connectivity index (χ1) is 13.2. The van der Waals surface area contributed by atoms with Crippen molar-refractivity contribution in [3.05, 3.63) is 29.3 Å². The van der Waals surface area contributed by atoms with E-state index in [2.05, 4.69) is 23.0 Å². The Morgan fingerprint density at radius 3 is 2.89 bits per heavy atom. The highest BCUT2D eigenvalue weighted by Crippen LogP contribution is 2.33. The van der Waals surface area contributed by atoms with Crippen molar-refractivity contribution in [2.45, 2.75) is 62.8 Å². The maximum absolute atomic E-state index is 13.1. The monoisotopic (exact) mass is 386 g/mol. The van der Waals surface area contributed by atoms with Gasteiger partial charge in [-0.3, -0.25) is 9.79 Å². The van der Waals surface area contributed by atoms with E-state index in [1.165, 1.54) is 36.1 Å². The van der Waals surface area contributed by atoms with Crippen LogP contribution in [-0.4, -0.2) is 53.2 Å². The molecule has 2 heterocycles. The Morgan fingerprint density at radius 1 is 1.22 bits per heavy atom. The largest absolute Gasteiger partial charge is 0.484 e. The van der Waals surface area contributed by atoms with Gasteiger partial charge in [-0.2, -0.15) is 10.5 Å². The number of ether oxygens (including phenoxy) is 1. The SMILES string of the molecule is C=S1CCCC1CN(C(=O)COc1ccc2c(c1)CCC2)C1CCCC=N1. The van der Waals surface area contributed by atoms with Gasteiger partial charge in [-0.25, -0.2) is 0 Å². The molecule has 146 valence electrons. The summed E-state index contributed by atoms with van der Waals surface area (Å²) in [6.45, 7) is 0.878. The maximum atomic E-state index is 13.1. The summed E-state index contributed by atoms with van der Waals surface area (Å²) >= 11 is 0. The third-order valence-corrected chi connectivity index (χ3v) is 8.13. The van der Waals surface area contributed by atoms with Crippen molar-refractivity contribution in [3.63, 3.8) is 0 Å². The van der Waals surface area contributed by atoms with Gasteiger partial charge < -0.3 is 9.64 Å². The zero-order valence-electron chi connectivity index (χ0n) is 16.1. The molecule has 0 aromatic heterocycles. The molecule has 0 saturated carbocycles. The van der Waals surface area contributed by atoms with Crippen LogP contribution in [0.4, 0.5) is 0 Å². The molecule has 1 fully saturated rings. The first kappa shape index (κ1) is 18.7. The van der Waals surface area contributed by atoms with Crippen LogP contribution in [0.25, 0.3) is 0 Å². The van der Waals surface area contributed by atoms with Crippen LogP contribution in [0.5, 0.6) is 5.75 Å². The summed E-state index contributed by atoms with van der Waals surface area (Å²) < 4.78 is 5.90. The van der Waals surface area contributed by atoms with E-state index in [4.69, 9.17) is 4.74 Å². The second-order valence-corrected chi connectivity index (χ2v) is 10.0. The highest BCUT2D eigenvalue weighted by molar-refractivity contribution is 8.14. The molecule has 2 aliphatic heterocycles. The molecule has 4 nitrogen and oxygen atoms in total. The molecule has 0 spiro atoms. The molecule has 0 bridgehead atoms. The van der Waals surface area contributed by atoms with Crippen molar-refractivity contribution in [1.82, 2.24) is 4.90 Å². The summed E-state index contributed by atoms with van der Waals surface area (Å²) in [5, 5.41) is 0.520. The lowest BCUT2D eigenvalue weighted by Gasteiger charge is -2.33. The number of nitrogens with zero attached hydrogens (tertiary/aromatic N) is 2. The smallest absolute Gasteiger partial charge is 0.262 e. The Labute approximate surface area is 164 Å². The summed E-state index contributed by atoms with van der Waals surface area (Å²) in [5.41, 5.74) is 2.80. The van der Waals surface area contributed by atoms with Crippen LogP contribution < -0.4 is 4.74 Å². The molecule has 1 saturated heterocycles. The van der Waals surface area contributed by atoms with E-state index >= 15 is 0 Å². The van der Waals surface area contributed by atoms with Crippen molar-refractivity contribution < 1.29 is 9.53 Å². The number of hydrogen-bond acceptors (Lipinski definition) is 3. The third kappa shape index (κ3) is 4.45. The molecular weight excluding hydrogens is 356 g/mol. The minimum atomic E-state index is -0.0209. The summed E-state index contributed by atoms with van der Waals surface area (Å²) in [6.07, 6.45) is 11.0. The summed E-state index contributed by atoms with van der Waals surface area (Å²) in [6, 6.07) is 6.27. The number of carbonyl (C=O) groups is 1. The molecule has 0 radical (unpaired) electrons. The Hall–Kier alpha value is -1.62. The maximum Gasteiger partial charge on any atom is 0.262 e. The second-order valence-electron chi connectivity index (χ2n) is 7.87. The van der Waals surface area contributed by atoms with Crippen LogP contribution in [0.3, 0.4) is 0 Å². The van der Waals surface area contributed by atoms with Gasteiger partial charge in [0.05, 0.1) is 0 Å². The van der Waals surface area contributed by atoms with Crippen molar-refractivity contribution in [1.29, 1.82) is 0 Å². The van der Waals surface area contributed by atoms with E-state index in [1.54, 1.807) is 0 Å². The van der Waals surface area contributed by atoms with E-state index < -0.39 is 0 Å². The molecule has 1 aromatic carbocycles. The zero-order chi connectivity index (χ0) is 18.6. The topological polar surface area (TPSA) is 41.9 Å². The lowest BCUT2D eigenvalue weighted by atomic mass is 10.1. The Morgan fingerprint density at radius 2 is 2.11 bits per heavy atom. The van der Waals surface area contributed by atoms with Gasteiger partial charge in [-0.1, -0.05) is 11.9 Å². The number of aliphatic imine (C=N–C) groups is 1. The molecule has 0 N–H and O–H groups in total. The highest BCUT2D eigenvalue weighted by Gasteiger charge is 2.29. The van der Waals surface area contributed by atoms with Crippen LogP contribution >= 0.6 is 10.5 Å². The minimum absolute atomic E-state index is 0.0209. The average Bonchev–Trinajstić information content (AvgIpc) is 3.33. The molecule has 1 aromatic rings. The van der Waals surface area contributed by atoms with Crippen LogP contribution in [0.15, 0.2) is 23.2 Å². The van der Waals surface area contributed by atoms with Crippen molar-refractivity contribution in [2.24, 2.45) is 4.99 Å². The molecule has 1 aliphatic carbocycles. The number of rotatable bonds is 6. The Kier molecular flexibility index (Phi) is 5.96. The number of amides is 1. The summed E-state index contributed by atoms with van der Waals surface area (Å²) in [4.78, 5) is 19.7.